The monoisotopic (exact) mass is 276 g/mol. The highest BCUT2D eigenvalue weighted by Gasteiger charge is 2.38. The van der Waals surface area contributed by atoms with Crippen molar-refractivity contribution < 1.29 is 13.2 Å². The van der Waals surface area contributed by atoms with Gasteiger partial charge in [-0.2, -0.15) is 17.5 Å². The minimum absolute atomic E-state index is 0.141. The molecule has 4 nitrogen and oxygen atoms in total. The predicted molar refractivity (Wildman–Crippen MR) is 57.9 cm³/mol. The number of nitrogens with one attached hydrogen (secondary N) is 1. The molecule has 0 unspecified atom stereocenters. The molecular weight excluding hydrogens is 273 g/mol. The first-order chi connectivity index (χ1) is 8.07. The van der Waals surface area contributed by atoms with Crippen molar-refractivity contribution >= 4 is 33.3 Å². The number of H-pyrrole nitrogens is 1. The van der Waals surface area contributed by atoms with Gasteiger partial charge in [-0.1, -0.05) is 4.49 Å². The van der Waals surface area contributed by atoms with Gasteiger partial charge in [0.15, 0.2) is 4.88 Å². The second-order valence-electron chi connectivity index (χ2n) is 3.22. The van der Waals surface area contributed by atoms with Crippen LogP contribution in [0.5, 0.6) is 0 Å². The fourth-order valence-electron chi connectivity index (χ4n) is 1.48. The van der Waals surface area contributed by atoms with Crippen molar-refractivity contribution in [3.8, 4) is 11.3 Å². The Bertz CT molecular complexity index is 665. The molecular formula is C8H3F3N4S2. The van der Waals surface area contributed by atoms with E-state index >= 15 is 0 Å². The Morgan fingerprint density at radius 2 is 2.06 bits per heavy atom. The smallest absolute Gasteiger partial charge is 0.358 e. The maximum atomic E-state index is 12.7. The Labute approximate surface area is 100 Å². The molecule has 0 bridgehead atoms. The second-order valence-corrected chi connectivity index (χ2v) is 4.78. The average Bonchev–Trinajstić information content (AvgIpc) is 2.90. The summed E-state index contributed by atoms with van der Waals surface area (Å²) in [7, 11) is 0. The van der Waals surface area contributed by atoms with E-state index in [4.69, 9.17) is 0 Å². The van der Waals surface area contributed by atoms with E-state index in [-0.39, 0.29) is 5.69 Å². The first kappa shape index (κ1) is 10.7. The van der Waals surface area contributed by atoms with Crippen molar-refractivity contribution in [3.63, 3.8) is 0 Å². The molecule has 0 amide bonds. The Balaban J connectivity index is 2.24. The van der Waals surface area contributed by atoms with Crippen LogP contribution in [-0.4, -0.2) is 18.9 Å². The van der Waals surface area contributed by atoms with Gasteiger partial charge in [-0.3, -0.25) is 0 Å². The van der Waals surface area contributed by atoms with Gasteiger partial charge >= 0.3 is 6.18 Å². The lowest BCUT2D eigenvalue weighted by molar-refractivity contribution is -0.134. The molecule has 0 fully saturated rings. The number of alkyl halides is 3. The molecule has 3 aromatic heterocycles. The van der Waals surface area contributed by atoms with Crippen molar-refractivity contribution in [2.24, 2.45) is 0 Å². The van der Waals surface area contributed by atoms with E-state index in [9.17, 15) is 13.2 Å². The Hall–Kier alpha value is -1.48. The van der Waals surface area contributed by atoms with Crippen LogP contribution in [0.3, 0.4) is 0 Å². The molecule has 9 heteroatoms. The lowest BCUT2D eigenvalue weighted by Gasteiger charge is -2.03. The summed E-state index contributed by atoms with van der Waals surface area (Å²) in [5.74, 6) is 0. The lowest BCUT2D eigenvalue weighted by atomic mass is 10.2. The van der Waals surface area contributed by atoms with Gasteiger partial charge in [-0.05, 0) is 23.1 Å². The molecule has 88 valence electrons. The van der Waals surface area contributed by atoms with Crippen molar-refractivity contribution in [1.82, 2.24) is 18.9 Å². The zero-order chi connectivity index (χ0) is 12.0. The third-order valence-electron chi connectivity index (χ3n) is 2.19. The summed E-state index contributed by atoms with van der Waals surface area (Å²) in [4.78, 5) is 2.07. The van der Waals surface area contributed by atoms with Gasteiger partial charge in [0, 0.05) is 11.8 Å². The molecule has 1 N–H and O–H groups in total. The molecule has 0 aliphatic heterocycles. The number of hydrogen-bond donors (Lipinski definition) is 1. The summed E-state index contributed by atoms with van der Waals surface area (Å²) in [6.07, 6.45) is -1.37. The van der Waals surface area contributed by atoms with Crippen LogP contribution in [0, 0.1) is 0 Å². The molecule has 3 rings (SSSR count). The molecule has 0 saturated carbocycles. The van der Waals surface area contributed by atoms with Crippen LogP contribution in [0.2, 0.25) is 0 Å². The molecule has 0 radical (unpaired) electrons. The molecule has 0 aromatic carbocycles. The van der Waals surface area contributed by atoms with Gasteiger partial charge in [-0.15, -0.1) is 5.10 Å². The average molecular weight is 276 g/mol. The molecule has 0 atom stereocenters. The Morgan fingerprint density at radius 3 is 2.82 bits per heavy atom. The number of fused-ring (bicyclic) bond motifs is 1. The molecule has 0 spiro atoms. The lowest BCUT2D eigenvalue weighted by Crippen LogP contribution is -2.03. The zero-order valence-corrected chi connectivity index (χ0v) is 9.58. The van der Waals surface area contributed by atoms with E-state index < -0.39 is 11.1 Å². The minimum atomic E-state index is -4.43. The number of halogens is 3. The van der Waals surface area contributed by atoms with E-state index in [2.05, 4.69) is 18.9 Å². The van der Waals surface area contributed by atoms with Crippen molar-refractivity contribution in [1.29, 1.82) is 0 Å². The maximum Gasteiger partial charge on any atom is 0.429 e. The van der Waals surface area contributed by atoms with Crippen LogP contribution in [0.1, 0.15) is 4.88 Å². The fraction of sp³-hybridized carbons (Fsp3) is 0.125. The first-order valence-electron chi connectivity index (χ1n) is 4.39. The third kappa shape index (κ3) is 1.62. The molecule has 0 saturated heterocycles. The zero-order valence-electron chi connectivity index (χ0n) is 7.95. The van der Waals surface area contributed by atoms with Crippen LogP contribution < -0.4 is 0 Å². The van der Waals surface area contributed by atoms with Crippen molar-refractivity contribution in [3.05, 3.63) is 17.3 Å². The summed E-state index contributed by atoms with van der Waals surface area (Å²) in [6.45, 7) is 0. The van der Waals surface area contributed by atoms with E-state index in [0.717, 1.165) is 11.5 Å². The van der Waals surface area contributed by atoms with Crippen LogP contribution in [0.15, 0.2) is 12.4 Å². The molecule has 0 aliphatic rings. The van der Waals surface area contributed by atoms with Gasteiger partial charge in [0.25, 0.3) is 0 Å². The van der Waals surface area contributed by atoms with E-state index in [1.165, 1.54) is 6.20 Å². The van der Waals surface area contributed by atoms with Crippen LogP contribution in [-0.2, 0) is 6.18 Å². The minimum Gasteiger partial charge on any atom is -0.358 e. The summed E-state index contributed by atoms with van der Waals surface area (Å²) >= 11 is 1.48. The quantitative estimate of drug-likeness (QED) is 0.742. The number of rotatable bonds is 1. The van der Waals surface area contributed by atoms with E-state index in [0.29, 0.717) is 27.3 Å². The highest BCUT2D eigenvalue weighted by atomic mass is 32.1. The first-order valence-corrected chi connectivity index (χ1v) is 5.93. The number of aromatic amines is 1. The fourth-order valence-corrected chi connectivity index (χ4v) is 2.75. The number of aromatic nitrogens is 4. The number of hydrogen-bond acceptors (Lipinski definition) is 5. The normalized spacial score (nSPS) is 12.4. The SMILES string of the molecule is FC(F)(F)c1snnc1-c1c[nH]c2cnsc12. The van der Waals surface area contributed by atoms with Crippen molar-refractivity contribution in [2.75, 3.05) is 0 Å². The Morgan fingerprint density at radius 1 is 1.24 bits per heavy atom. The Kier molecular flexibility index (Phi) is 2.20. The second kappa shape index (κ2) is 3.50. The summed E-state index contributed by atoms with van der Waals surface area (Å²) in [5, 5.41) is 3.56. The highest BCUT2D eigenvalue weighted by Crippen LogP contribution is 2.40. The van der Waals surface area contributed by atoms with Crippen LogP contribution in [0.4, 0.5) is 13.2 Å². The van der Waals surface area contributed by atoms with Gasteiger partial charge in [0.1, 0.15) is 5.69 Å². The maximum absolute atomic E-state index is 12.7. The van der Waals surface area contributed by atoms with Gasteiger partial charge in [0.05, 0.1) is 16.4 Å². The molecule has 17 heavy (non-hydrogen) atoms. The van der Waals surface area contributed by atoms with Gasteiger partial charge < -0.3 is 4.98 Å². The van der Waals surface area contributed by atoms with Crippen molar-refractivity contribution in [2.45, 2.75) is 6.18 Å². The van der Waals surface area contributed by atoms with Gasteiger partial charge in [0.2, 0.25) is 0 Å². The number of nitrogens with zero attached hydrogens (tertiary/aromatic N) is 3. The van der Waals surface area contributed by atoms with Gasteiger partial charge in [-0.25, -0.2) is 0 Å². The molecule has 0 aliphatic carbocycles. The molecule has 3 aromatic rings. The standard InChI is InChI=1S/C8H3F3N4S2/c9-8(10,11)7-5(14-15-17-7)3-1-12-4-2-13-16-6(3)4/h1-2,12H. The summed E-state index contributed by atoms with van der Waals surface area (Å²) in [5.41, 5.74) is 0.952. The summed E-state index contributed by atoms with van der Waals surface area (Å²) in [6, 6.07) is 0. The topological polar surface area (TPSA) is 54.5 Å². The van der Waals surface area contributed by atoms with Crippen LogP contribution >= 0.6 is 23.1 Å². The predicted octanol–water partition coefficient (Wildman–Crippen LogP) is 3.16. The highest BCUT2D eigenvalue weighted by molar-refractivity contribution is 7.14. The van der Waals surface area contributed by atoms with E-state index in [1.807, 2.05) is 0 Å². The largest absolute Gasteiger partial charge is 0.429 e. The third-order valence-corrected chi connectivity index (χ3v) is 3.79. The molecule has 3 heterocycles. The van der Waals surface area contributed by atoms with Crippen LogP contribution in [0.25, 0.3) is 21.5 Å². The van der Waals surface area contributed by atoms with E-state index in [1.54, 1.807) is 6.20 Å². The summed E-state index contributed by atoms with van der Waals surface area (Å²) < 4.78 is 46.1.